The molecule has 0 saturated heterocycles. The number of fused-ring (bicyclic) bond motifs is 1. The summed E-state index contributed by atoms with van der Waals surface area (Å²) in [4.78, 5) is 22.4. The summed E-state index contributed by atoms with van der Waals surface area (Å²) < 4.78 is 5.50. The van der Waals surface area contributed by atoms with Crippen molar-refractivity contribution in [3.63, 3.8) is 0 Å². The van der Waals surface area contributed by atoms with Gasteiger partial charge in [0.1, 0.15) is 11.5 Å². The third-order valence-corrected chi connectivity index (χ3v) is 5.39. The molecule has 0 spiro atoms. The van der Waals surface area contributed by atoms with Crippen LogP contribution in [0.4, 0.5) is 0 Å². The second-order valence-electron chi connectivity index (χ2n) is 6.18. The first-order valence-corrected chi connectivity index (χ1v) is 9.36. The van der Waals surface area contributed by atoms with E-state index in [4.69, 9.17) is 4.42 Å². The molecule has 6 nitrogen and oxygen atoms in total. The minimum Gasteiger partial charge on any atom is -0.463 e. The van der Waals surface area contributed by atoms with Crippen molar-refractivity contribution in [1.29, 1.82) is 0 Å². The number of carbonyl (C=O) groups excluding carboxylic acids is 1. The van der Waals surface area contributed by atoms with Gasteiger partial charge in [0.2, 0.25) is 0 Å². The van der Waals surface area contributed by atoms with Crippen molar-refractivity contribution in [2.24, 2.45) is 5.10 Å². The molecular weight excluding hydrogens is 360 g/mol. The largest absolute Gasteiger partial charge is 0.463 e. The zero-order chi connectivity index (χ0) is 18.2. The predicted molar refractivity (Wildman–Crippen MR) is 103 cm³/mol. The Kier molecular flexibility index (Phi) is 3.79. The Labute approximate surface area is 158 Å². The highest BCUT2D eigenvalue weighted by molar-refractivity contribution is 7.12. The smallest absolute Gasteiger partial charge is 0.284 e. The van der Waals surface area contributed by atoms with Gasteiger partial charge >= 0.3 is 0 Å². The molecular formula is C20H14N4O2S. The number of carbonyl (C=O) groups is 1. The van der Waals surface area contributed by atoms with Crippen LogP contribution in [0.3, 0.4) is 0 Å². The summed E-state index contributed by atoms with van der Waals surface area (Å²) in [7, 11) is 0. The summed E-state index contributed by atoms with van der Waals surface area (Å²) in [5.41, 5.74) is 3.35. The van der Waals surface area contributed by atoms with Crippen LogP contribution < -0.4 is 0 Å². The normalized spacial score (nSPS) is 16.7. The molecule has 1 amide bonds. The van der Waals surface area contributed by atoms with E-state index in [0.717, 1.165) is 22.3 Å². The average molecular weight is 374 g/mol. The van der Waals surface area contributed by atoms with Gasteiger partial charge in [-0.2, -0.15) is 5.10 Å². The van der Waals surface area contributed by atoms with Crippen molar-refractivity contribution in [3.05, 3.63) is 82.7 Å². The van der Waals surface area contributed by atoms with E-state index in [9.17, 15) is 4.79 Å². The summed E-state index contributed by atoms with van der Waals surface area (Å²) in [5.74, 6) is 0.567. The maximum absolute atomic E-state index is 13.0. The molecule has 27 heavy (non-hydrogen) atoms. The van der Waals surface area contributed by atoms with Gasteiger partial charge in [-0.15, -0.1) is 11.3 Å². The molecule has 132 valence electrons. The van der Waals surface area contributed by atoms with Crippen molar-refractivity contribution >= 4 is 34.0 Å². The number of amides is 1. The number of thiophene rings is 1. The van der Waals surface area contributed by atoms with Crippen LogP contribution in [0, 0.1) is 0 Å². The van der Waals surface area contributed by atoms with Gasteiger partial charge in [0.05, 0.1) is 28.2 Å². The van der Waals surface area contributed by atoms with Gasteiger partial charge in [-0.05, 0) is 41.3 Å². The molecule has 0 aliphatic carbocycles. The Morgan fingerprint density at radius 3 is 2.78 bits per heavy atom. The minimum atomic E-state index is -0.217. The Hall–Kier alpha value is -3.32. The molecule has 4 heterocycles. The lowest BCUT2D eigenvalue weighted by molar-refractivity contribution is 0.0716. The van der Waals surface area contributed by atoms with Gasteiger partial charge in [0, 0.05) is 18.8 Å². The molecule has 5 rings (SSSR count). The van der Waals surface area contributed by atoms with Crippen LogP contribution in [0.1, 0.15) is 33.5 Å². The molecule has 0 fully saturated rings. The van der Waals surface area contributed by atoms with E-state index in [0.29, 0.717) is 17.1 Å². The van der Waals surface area contributed by atoms with E-state index in [1.807, 2.05) is 47.8 Å². The van der Waals surface area contributed by atoms with Gasteiger partial charge in [-0.3, -0.25) is 14.8 Å². The second-order valence-corrected chi connectivity index (χ2v) is 7.12. The van der Waals surface area contributed by atoms with E-state index in [2.05, 4.69) is 15.1 Å². The number of hydrogen-bond acceptors (Lipinski definition) is 6. The van der Waals surface area contributed by atoms with E-state index in [-0.39, 0.29) is 11.9 Å². The molecule has 3 aromatic heterocycles. The third-order valence-electron chi connectivity index (χ3n) is 4.53. The molecule has 0 radical (unpaired) electrons. The highest BCUT2D eigenvalue weighted by Gasteiger charge is 2.35. The maximum atomic E-state index is 13.0. The number of aromatic nitrogens is 2. The molecule has 0 bridgehead atoms. The number of nitrogens with zero attached hydrogens (tertiary/aromatic N) is 4. The molecule has 0 N–H and O–H groups in total. The molecule has 7 heteroatoms. The van der Waals surface area contributed by atoms with E-state index in [1.54, 1.807) is 23.7 Å². The lowest BCUT2D eigenvalue weighted by atomic mass is 10.00. The average Bonchev–Trinajstić information content (AvgIpc) is 3.48. The first kappa shape index (κ1) is 15.9. The van der Waals surface area contributed by atoms with Crippen LogP contribution in [-0.4, -0.2) is 26.6 Å². The van der Waals surface area contributed by atoms with Crippen LogP contribution in [-0.2, 0) is 0 Å². The summed E-state index contributed by atoms with van der Waals surface area (Å²) >= 11 is 1.41. The summed E-state index contributed by atoms with van der Waals surface area (Å²) in [6.45, 7) is 0. The zero-order valence-corrected chi connectivity index (χ0v) is 15.0. The third kappa shape index (κ3) is 2.82. The van der Waals surface area contributed by atoms with Gasteiger partial charge in [-0.25, -0.2) is 5.01 Å². The highest BCUT2D eigenvalue weighted by atomic mass is 32.1. The molecule has 1 aliphatic rings. The Morgan fingerprint density at radius 1 is 1.11 bits per heavy atom. The van der Waals surface area contributed by atoms with Crippen molar-refractivity contribution < 1.29 is 9.21 Å². The van der Waals surface area contributed by atoms with Gasteiger partial charge in [0.15, 0.2) is 0 Å². The molecule has 0 saturated carbocycles. The Bertz CT molecular complexity index is 1140. The lowest BCUT2D eigenvalue weighted by Gasteiger charge is -2.21. The SMILES string of the molecule is O=C(c1cccs1)N1N=C(c2ccco2)C[C@@H]1c1ccc2nccnc2c1. The highest BCUT2D eigenvalue weighted by Crippen LogP contribution is 2.35. The first-order chi connectivity index (χ1) is 13.3. The molecule has 4 aromatic rings. The van der Waals surface area contributed by atoms with Crippen molar-refractivity contribution in [3.8, 4) is 0 Å². The maximum Gasteiger partial charge on any atom is 0.284 e. The van der Waals surface area contributed by atoms with Gasteiger partial charge in [-0.1, -0.05) is 12.1 Å². The Balaban J connectivity index is 1.57. The van der Waals surface area contributed by atoms with Gasteiger partial charge < -0.3 is 4.42 Å². The van der Waals surface area contributed by atoms with Crippen molar-refractivity contribution in [2.45, 2.75) is 12.5 Å². The topological polar surface area (TPSA) is 71.6 Å². The lowest BCUT2D eigenvalue weighted by Crippen LogP contribution is -2.26. The fourth-order valence-electron chi connectivity index (χ4n) is 3.25. The number of benzene rings is 1. The minimum absolute atomic E-state index is 0.115. The van der Waals surface area contributed by atoms with Crippen LogP contribution in [0.5, 0.6) is 0 Å². The predicted octanol–water partition coefficient (Wildman–Crippen LogP) is 4.28. The first-order valence-electron chi connectivity index (χ1n) is 8.49. The second kappa shape index (κ2) is 6.44. The summed E-state index contributed by atoms with van der Waals surface area (Å²) in [6, 6.07) is 13.0. The number of hydrogen-bond donors (Lipinski definition) is 0. The quantitative estimate of drug-likeness (QED) is 0.537. The summed E-state index contributed by atoms with van der Waals surface area (Å²) in [5, 5.41) is 8.05. The van der Waals surface area contributed by atoms with Crippen molar-refractivity contribution in [2.75, 3.05) is 0 Å². The fourth-order valence-corrected chi connectivity index (χ4v) is 3.90. The molecule has 0 unspecified atom stereocenters. The molecule has 1 aliphatic heterocycles. The van der Waals surface area contributed by atoms with Crippen LogP contribution in [0.25, 0.3) is 11.0 Å². The standard InChI is InChI=1S/C20H14N4O2S/c25-20(19-4-2-10-27-19)24-17(12-16(23-24)18-3-1-9-26-18)13-5-6-14-15(11-13)22-8-7-21-14/h1-11,17H,12H2/t17-/m1/s1. The van der Waals surface area contributed by atoms with Crippen molar-refractivity contribution in [1.82, 2.24) is 15.0 Å². The number of hydrazone groups is 1. The molecule has 1 atom stereocenters. The molecule has 1 aromatic carbocycles. The number of rotatable bonds is 3. The Morgan fingerprint density at radius 2 is 2.00 bits per heavy atom. The monoisotopic (exact) mass is 374 g/mol. The van der Waals surface area contributed by atoms with E-state index in [1.165, 1.54) is 11.3 Å². The van der Waals surface area contributed by atoms with E-state index < -0.39 is 0 Å². The van der Waals surface area contributed by atoms with Gasteiger partial charge in [0.25, 0.3) is 5.91 Å². The number of furan rings is 1. The van der Waals surface area contributed by atoms with E-state index >= 15 is 0 Å². The van der Waals surface area contributed by atoms with Crippen LogP contribution >= 0.6 is 11.3 Å². The van der Waals surface area contributed by atoms with Crippen LogP contribution in [0.2, 0.25) is 0 Å². The fraction of sp³-hybridized carbons (Fsp3) is 0.100. The van der Waals surface area contributed by atoms with Crippen LogP contribution in [0.15, 0.2) is 76.0 Å². The zero-order valence-electron chi connectivity index (χ0n) is 14.1. The summed E-state index contributed by atoms with van der Waals surface area (Å²) in [6.07, 6.45) is 5.53.